The molecule has 2 aromatic rings. The van der Waals surface area contributed by atoms with E-state index in [1.165, 1.54) is 11.3 Å². The summed E-state index contributed by atoms with van der Waals surface area (Å²) < 4.78 is 6.67. The molecule has 0 saturated carbocycles. The van der Waals surface area contributed by atoms with Gasteiger partial charge in [0.05, 0.1) is 20.1 Å². The summed E-state index contributed by atoms with van der Waals surface area (Å²) in [5, 5.41) is 15.4. The Balaban J connectivity index is 1.97. The predicted molar refractivity (Wildman–Crippen MR) is 77.5 cm³/mol. The number of hydrogen-bond acceptors (Lipinski definition) is 6. The third kappa shape index (κ3) is 2.59. The van der Waals surface area contributed by atoms with Crippen LogP contribution in [-0.4, -0.2) is 29.1 Å². The van der Waals surface area contributed by atoms with Crippen molar-refractivity contribution in [2.75, 3.05) is 13.1 Å². The summed E-state index contributed by atoms with van der Waals surface area (Å²) in [5.41, 5.74) is 0.793. The number of thiazole rings is 1. The van der Waals surface area contributed by atoms with E-state index in [1.807, 2.05) is 6.92 Å². The molecule has 0 amide bonds. The number of rotatable bonds is 3. The van der Waals surface area contributed by atoms with E-state index in [1.54, 1.807) is 12.1 Å². The number of benzene rings is 1. The second-order valence-corrected chi connectivity index (χ2v) is 6.08. The van der Waals surface area contributed by atoms with E-state index in [0.29, 0.717) is 5.75 Å². The minimum Gasteiger partial charge on any atom is -0.483 e. The van der Waals surface area contributed by atoms with Crippen LogP contribution in [0.15, 0.2) is 12.1 Å². The highest BCUT2D eigenvalue weighted by Crippen LogP contribution is 2.35. The number of aryl methyl sites for hydroxylation is 1. The molecule has 1 N–H and O–H groups in total. The second kappa shape index (κ2) is 5.34. The standard InChI is InChI=1S/C13H15N3O3S/c1-8-15-10-6-12(19-9-2-4-14-5-3-9)11(16(17)18)7-13(10)20-8/h6-7,9,14H,2-5H2,1H3. The van der Waals surface area contributed by atoms with E-state index >= 15 is 0 Å². The van der Waals surface area contributed by atoms with Gasteiger partial charge >= 0.3 is 5.69 Å². The van der Waals surface area contributed by atoms with Gasteiger partial charge in [0, 0.05) is 12.1 Å². The lowest BCUT2D eigenvalue weighted by Crippen LogP contribution is -2.34. The smallest absolute Gasteiger partial charge is 0.312 e. The molecule has 0 atom stereocenters. The van der Waals surface area contributed by atoms with Gasteiger partial charge in [-0.2, -0.15) is 0 Å². The fraction of sp³-hybridized carbons (Fsp3) is 0.462. The molecular weight excluding hydrogens is 278 g/mol. The molecule has 1 fully saturated rings. The first-order valence-corrected chi connectivity index (χ1v) is 7.38. The zero-order valence-electron chi connectivity index (χ0n) is 11.1. The van der Waals surface area contributed by atoms with Crippen LogP contribution in [0.4, 0.5) is 5.69 Å². The summed E-state index contributed by atoms with van der Waals surface area (Å²) in [4.78, 5) is 15.2. The Hall–Kier alpha value is -1.73. The fourth-order valence-electron chi connectivity index (χ4n) is 2.39. The maximum absolute atomic E-state index is 11.2. The van der Waals surface area contributed by atoms with Gasteiger partial charge in [-0.25, -0.2) is 4.98 Å². The molecule has 1 aromatic carbocycles. The van der Waals surface area contributed by atoms with E-state index in [2.05, 4.69) is 10.3 Å². The minimum atomic E-state index is -0.384. The molecule has 106 valence electrons. The lowest BCUT2D eigenvalue weighted by Gasteiger charge is -2.23. The summed E-state index contributed by atoms with van der Waals surface area (Å²) >= 11 is 1.46. The number of nitro groups is 1. The molecule has 1 aromatic heterocycles. The lowest BCUT2D eigenvalue weighted by molar-refractivity contribution is -0.385. The largest absolute Gasteiger partial charge is 0.483 e. The highest BCUT2D eigenvalue weighted by Gasteiger charge is 2.22. The zero-order valence-corrected chi connectivity index (χ0v) is 11.9. The SMILES string of the molecule is Cc1nc2cc(OC3CCNCC3)c([N+](=O)[O-])cc2s1. The number of piperidine rings is 1. The summed E-state index contributed by atoms with van der Waals surface area (Å²) in [7, 11) is 0. The van der Waals surface area contributed by atoms with E-state index in [0.717, 1.165) is 41.2 Å². The van der Waals surface area contributed by atoms with Crippen LogP contribution in [0.5, 0.6) is 5.75 Å². The highest BCUT2D eigenvalue weighted by atomic mass is 32.1. The summed E-state index contributed by atoms with van der Waals surface area (Å²) in [6.45, 7) is 3.66. The second-order valence-electron chi connectivity index (χ2n) is 4.84. The Labute approximate surface area is 119 Å². The molecule has 7 heteroatoms. The van der Waals surface area contributed by atoms with Gasteiger partial charge in [0.2, 0.25) is 0 Å². The molecule has 1 saturated heterocycles. The monoisotopic (exact) mass is 293 g/mol. The molecule has 0 unspecified atom stereocenters. The Morgan fingerprint density at radius 1 is 1.45 bits per heavy atom. The van der Waals surface area contributed by atoms with Crippen LogP contribution >= 0.6 is 11.3 Å². The maximum Gasteiger partial charge on any atom is 0.312 e. The molecule has 3 rings (SSSR count). The lowest BCUT2D eigenvalue weighted by atomic mass is 10.1. The average Bonchev–Trinajstić information content (AvgIpc) is 2.78. The molecule has 1 aliphatic rings. The van der Waals surface area contributed by atoms with E-state index < -0.39 is 0 Å². The van der Waals surface area contributed by atoms with Gasteiger partial charge in [-0.05, 0) is 32.9 Å². The van der Waals surface area contributed by atoms with Crippen LogP contribution in [0.3, 0.4) is 0 Å². The van der Waals surface area contributed by atoms with Crippen LogP contribution in [0.2, 0.25) is 0 Å². The number of hydrogen-bond donors (Lipinski definition) is 1. The molecule has 1 aliphatic heterocycles. The summed E-state index contributed by atoms with van der Waals surface area (Å²) in [6, 6.07) is 3.26. The van der Waals surface area contributed by atoms with Gasteiger partial charge in [-0.1, -0.05) is 0 Å². The molecule has 0 spiro atoms. The Morgan fingerprint density at radius 2 is 2.20 bits per heavy atom. The van der Waals surface area contributed by atoms with Gasteiger partial charge in [0.25, 0.3) is 0 Å². The topological polar surface area (TPSA) is 77.3 Å². The quantitative estimate of drug-likeness (QED) is 0.695. The highest BCUT2D eigenvalue weighted by molar-refractivity contribution is 7.18. The van der Waals surface area contributed by atoms with Crippen molar-refractivity contribution in [2.45, 2.75) is 25.9 Å². The van der Waals surface area contributed by atoms with Crippen molar-refractivity contribution < 1.29 is 9.66 Å². The number of nitrogens with one attached hydrogen (secondary N) is 1. The first-order valence-electron chi connectivity index (χ1n) is 6.56. The van der Waals surface area contributed by atoms with Gasteiger partial charge in [0.15, 0.2) is 5.75 Å². The fourth-order valence-corrected chi connectivity index (χ4v) is 3.23. The number of nitrogens with zero attached hydrogens (tertiary/aromatic N) is 2. The molecule has 0 aliphatic carbocycles. The van der Waals surface area contributed by atoms with Crippen LogP contribution in [0.1, 0.15) is 17.8 Å². The normalized spacial score (nSPS) is 16.4. The third-order valence-corrected chi connectivity index (χ3v) is 4.29. The molecule has 2 heterocycles. The molecule has 6 nitrogen and oxygen atoms in total. The first kappa shape index (κ1) is 13.3. The van der Waals surface area contributed by atoms with Crippen molar-refractivity contribution in [3.05, 3.63) is 27.3 Å². The Morgan fingerprint density at radius 3 is 2.90 bits per heavy atom. The maximum atomic E-state index is 11.2. The van der Waals surface area contributed by atoms with Crippen LogP contribution in [-0.2, 0) is 0 Å². The molecule has 0 radical (unpaired) electrons. The Kier molecular flexibility index (Phi) is 3.54. The Bertz CT molecular complexity index is 650. The third-order valence-electron chi connectivity index (χ3n) is 3.35. The number of nitro benzene ring substituents is 1. The van der Waals surface area contributed by atoms with Crippen molar-refractivity contribution >= 4 is 27.2 Å². The predicted octanol–water partition coefficient (Wildman–Crippen LogP) is 2.64. The molecular formula is C13H15N3O3S. The molecule has 0 bridgehead atoms. The van der Waals surface area contributed by atoms with Crippen molar-refractivity contribution in [3.8, 4) is 5.75 Å². The van der Waals surface area contributed by atoms with Crippen molar-refractivity contribution in [1.82, 2.24) is 10.3 Å². The number of fused-ring (bicyclic) bond motifs is 1. The zero-order chi connectivity index (χ0) is 14.1. The average molecular weight is 293 g/mol. The summed E-state index contributed by atoms with van der Waals surface area (Å²) in [5.74, 6) is 0.333. The van der Waals surface area contributed by atoms with Crippen LogP contribution in [0.25, 0.3) is 10.2 Å². The van der Waals surface area contributed by atoms with Gasteiger partial charge in [0.1, 0.15) is 6.10 Å². The van der Waals surface area contributed by atoms with Gasteiger partial charge < -0.3 is 10.1 Å². The molecule has 20 heavy (non-hydrogen) atoms. The van der Waals surface area contributed by atoms with Crippen LogP contribution in [0, 0.1) is 17.0 Å². The first-order chi connectivity index (χ1) is 9.63. The van der Waals surface area contributed by atoms with Crippen molar-refractivity contribution in [3.63, 3.8) is 0 Å². The van der Waals surface area contributed by atoms with Gasteiger partial charge in [-0.15, -0.1) is 11.3 Å². The van der Waals surface area contributed by atoms with E-state index in [9.17, 15) is 10.1 Å². The minimum absolute atomic E-state index is 0.0275. The van der Waals surface area contributed by atoms with Gasteiger partial charge in [-0.3, -0.25) is 10.1 Å². The van der Waals surface area contributed by atoms with Crippen LogP contribution < -0.4 is 10.1 Å². The van der Waals surface area contributed by atoms with Crippen molar-refractivity contribution in [2.24, 2.45) is 0 Å². The van der Waals surface area contributed by atoms with E-state index in [4.69, 9.17) is 4.74 Å². The number of aromatic nitrogens is 1. The summed E-state index contributed by atoms with van der Waals surface area (Å²) in [6.07, 6.45) is 1.77. The number of ether oxygens (including phenoxy) is 1. The van der Waals surface area contributed by atoms with E-state index in [-0.39, 0.29) is 16.7 Å². The van der Waals surface area contributed by atoms with Crippen molar-refractivity contribution in [1.29, 1.82) is 0 Å².